The number of hydrogen-bond donors (Lipinski definition) is 2. The van der Waals surface area contributed by atoms with Gasteiger partial charge in [-0.1, -0.05) is 13.8 Å². The lowest BCUT2D eigenvalue weighted by molar-refractivity contribution is 0.0946. The minimum Gasteiger partial charge on any atom is -0.496 e. The van der Waals surface area contributed by atoms with Gasteiger partial charge in [0.25, 0.3) is 5.91 Å². The predicted molar refractivity (Wildman–Crippen MR) is 90.2 cm³/mol. The number of halogens is 1. The Hall–Kier alpha value is -1.02. The maximum atomic E-state index is 12.2. The number of nitrogens with one attached hydrogen (secondary N) is 1. The number of anilines is 1. The Bertz CT molecular complexity index is 462. The second-order valence-electron chi connectivity index (χ2n) is 4.36. The maximum absolute atomic E-state index is 12.2. The van der Waals surface area contributed by atoms with E-state index in [0.717, 1.165) is 23.2 Å². The van der Waals surface area contributed by atoms with Crippen molar-refractivity contribution in [2.75, 3.05) is 39.0 Å². The molecule has 0 aliphatic heterocycles. The Morgan fingerprint density at radius 1 is 1.40 bits per heavy atom. The van der Waals surface area contributed by atoms with Gasteiger partial charge in [-0.15, -0.1) is 0 Å². The highest BCUT2D eigenvalue weighted by Crippen LogP contribution is 2.26. The van der Waals surface area contributed by atoms with E-state index >= 15 is 0 Å². The molecule has 1 rings (SSSR count). The molecule has 0 unspecified atom stereocenters. The fourth-order valence-electron chi connectivity index (χ4n) is 1.88. The van der Waals surface area contributed by atoms with Gasteiger partial charge in [-0.2, -0.15) is 0 Å². The van der Waals surface area contributed by atoms with Crippen molar-refractivity contribution < 1.29 is 9.53 Å². The molecule has 0 saturated heterocycles. The first-order valence-corrected chi connectivity index (χ1v) is 7.74. The molecule has 1 aromatic rings. The van der Waals surface area contributed by atoms with Gasteiger partial charge in [0.2, 0.25) is 0 Å². The molecule has 0 heterocycles. The van der Waals surface area contributed by atoms with E-state index in [9.17, 15) is 4.79 Å². The number of methoxy groups -OCH3 is 1. The molecule has 20 heavy (non-hydrogen) atoms. The number of rotatable bonds is 7. The van der Waals surface area contributed by atoms with Gasteiger partial charge in [-0.3, -0.25) is 4.79 Å². The van der Waals surface area contributed by atoms with Crippen molar-refractivity contribution in [3.63, 3.8) is 0 Å². The summed E-state index contributed by atoms with van der Waals surface area (Å²) in [6, 6.07) is 3.43. The minimum absolute atomic E-state index is 0.132. The number of amides is 1. The third-order valence-electron chi connectivity index (χ3n) is 3.17. The largest absolute Gasteiger partial charge is 0.496 e. The molecule has 6 heteroatoms. The topological polar surface area (TPSA) is 67.6 Å². The van der Waals surface area contributed by atoms with Crippen LogP contribution in [0.1, 0.15) is 24.2 Å². The zero-order valence-corrected chi connectivity index (χ0v) is 14.4. The SMILES string of the molecule is CCN(CC)CCNC(=O)c1cc(I)c(N)cc1OC. The average molecular weight is 391 g/mol. The first-order chi connectivity index (χ1) is 9.53. The van der Waals surface area contributed by atoms with Crippen LogP contribution >= 0.6 is 22.6 Å². The Morgan fingerprint density at radius 3 is 2.60 bits per heavy atom. The van der Waals surface area contributed by atoms with Gasteiger partial charge in [-0.25, -0.2) is 0 Å². The first kappa shape index (κ1) is 17.0. The molecule has 0 bridgehead atoms. The van der Waals surface area contributed by atoms with E-state index in [2.05, 4.69) is 46.7 Å². The Morgan fingerprint density at radius 2 is 2.05 bits per heavy atom. The molecule has 5 nitrogen and oxygen atoms in total. The summed E-state index contributed by atoms with van der Waals surface area (Å²) in [6.07, 6.45) is 0. The zero-order chi connectivity index (χ0) is 15.1. The standard InChI is InChI=1S/C14H22IN3O2/c1-4-18(5-2)7-6-17-14(19)10-8-11(15)12(16)9-13(10)20-3/h8-9H,4-7,16H2,1-3H3,(H,17,19). The number of nitrogens with zero attached hydrogens (tertiary/aromatic N) is 1. The highest BCUT2D eigenvalue weighted by atomic mass is 127. The minimum atomic E-state index is -0.132. The van der Waals surface area contributed by atoms with Gasteiger partial charge in [-0.05, 0) is 41.7 Å². The van der Waals surface area contributed by atoms with Gasteiger partial charge >= 0.3 is 0 Å². The molecule has 0 saturated carbocycles. The highest BCUT2D eigenvalue weighted by molar-refractivity contribution is 14.1. The van der Waals surface area contributed by atoms with Crippen LogP contribution in [0.15, 0.2) is 12.1 Å². The number of likely N-dealkylation sites (N-methyl/N-ethyl adjacent to an activating group) is 1. The van der Waals surface area contributed by atoms with E-state index < -0.39 is 0 Å². The average Bonchev–Trinajstić information content (AvgIpc) is 2.45. The van der Waals surface area contributed by atoms with Crippen LogP contribution in [-0.2, 0) is 0 Å². The number of nitrogens with two attached hydrogens (primary N) is 1. The monoisotopic (exact) mass is 391 g/mol. The molecule has 0 aliphatic carbocycles. The smallest absolute Gasteiger partial charge is 0.255 e. The summed E-state index contributed by atoms with van der Waals surface area (Å²) in [4.78, 5) is 14.4. The molecular weight excluding hydrogens is 369 g/mol. The van der Waals surface area contributed by atoms with Crippen LogP contribution in [0.3, 0.4) is 0 Å². The van der Waals surface area contributed by atoms with Gasteiger partial charge in [0.05, 0.1) is 12.7 Å². The number of carbonyl (C=O) groups is 1. The fourth-order valence-corrected chi connectivity index (χ4v) is 2.35. The quantitative estimate of drug-likeness (QED) is 0.551. The normalized spacial score (nSPS) is 10.7. The van der Waals surface area contributed by atoms with Crippen LogP contribution in [0.4, 0.5) is 5.69 Å². The van der Waals surface area contributed by atoms with E-state index in [1.54, 1.807) is 12.1 Å². The third-order valence-corrected chi connectivity index (χ3v) is 4.11. The van der Waals surface area contributed by atoms with Crippen LogP contribution in [-0.4, -0.2) is 44.1 Å². The molecule has 1 amide bonds. The number of nitrogen functional groups attached to an aromatic ring is 1. The molecular formula is C14H22IN3O2. The van der Waals surface area contributed by atoms with E-state index in [4.69, 9.17) is 10.5 Å². The number of hydrogen-bond acceptors (Lipinski definition) is 4. The summed E-state index contributed by atoms with van der Waals surface area (Å²) in [7, 11) is 1.54. The van der Waals surface area contributed by atoms with Gasteiger partial charge in [0.1, 0.15) is 5.75 Å². The fraction of sp³-hybridized carbons (Fsp3) is 0.500. The first-order valence-electron chi connectivity index (χ1n) is 6.67. The van der Waals surface area contributed by atoms with Gasteiger partial charge in [0, 0.05) is 28.4 Å². The second-order valence-corrected chi connectivity index (χ2v) is 5.52. The van der Waals surface area contributed by atoms with Crippen molar-refractivity contribution in [2.45, 2.75) is 13.8 Å². The molecule has 0 fully saturated rings. The van der Waals surface area contributed by atoms with E-state index in [0.29, 0.717) is 23.5 Å². The summed E-state index contributed by atoms with van der Waals surface area (Å²) in [5, 5.41) is 2.91. The van der Waals surface area contributed by atoms with Crippen LogP contribution in [0, 0.1) is 3.57 Å². The lowest BCUT2D eigenvalue weighted by Crippen LogP contribution is -2.35. The van der Waals surface area contributed by atoms with Crippen molar-refractivity contribution in [1.29, 1.82) is 0 Å². The molecule has 0 aromatic heterocycles. The lowest BCUT2D eigenvalue weighted by Gasteiger charge is -2.18. The van der Waals surface area contributed by atoms with Crippen LogP contribution in [0.5, 0.6) is 5.75 Å². The van der Waals surface area contributed by atoms with Gasteiger partial charge in [0.15, 0.2) is 0 Å². The zero-order valence-electron chi connectivity index (χ0n) is 12.2. The number of ether oxygens (including phenoxy) is 1. The van der Waals surface area contributed by atoms with E-state index in [-0.39, 0.29) is 5.91 Å². The molecule has 3 N–H and O–H groups in total. The van der Waals surface area contributed by atoms with Crippen molar-refractivity contribution in [3.05, 3.63) is 21.3 Å². The summed E-state index contributed by atoms with van der Waals surface area (Å²) in [6.45, 7) is 7.63. The Balaban J connectivity index is 2.70. The summed E-state index contributed by atoms with van der Waals surface area (Å²) < 4.78 is 6.06. The van der Waals surface area contributed by atoms with Crippen molar-refractivity contribution in [2.24, 2.45) is 0 Å². The number of carbonyl (C=O) groups excluding carboxylic acids is 1. The Kier molecular flexibility index (Phi) is 7.08. The van der Waals surface area contributed by atoms with Crippen LogP contribution in [0.2, 0.25) is 0 Å². The van der Waals surface area contributed by atoms with Crippen molar-refractivity contribution in [3.8, 4) is 5.75 Å². The van der Waals surface area contributed by atoms with Gasteiger partial charge < -0.3 is 20.7 Å². The molecule has 0 radical (unpaired) electrons. The van der Waals surface area contributed by atoms with E-state index in [1.165, 1.54) is 7.11 Å². The van der Waals surface area contributed by atoms with Crippen LogP contribution < -0.4 is 15.8 Å². The predicted octanol–water partition coefficient (Wildman–Crippen LogP) is 1.95. The van der Waals surface area contributed by atoms with E-state index in [1.807, 2.05) is 0 Å². The summed E-state index contributed by atoms with van der Waals surface area (Å²) in [5.41, 5.74) is 6.95. The molecule has 0 atom stereocenters. The van der Waals surface area contributed by atoms with Crippen molar-refractivity contribution in [1.82, 2.24) is 10.2 Å². The second kappa shape index (κ2) is 8.31. The third kappa shape index (κ3) is 4.52. The summed E-state index contributed by atoms with van der Waals surface area (Å²) >= 11 is 2.11. The van der Waals surface area contributed by atoms with Crippen LogP contribution in [0.25, 0.3) is 0 Å². The highest BCUT2D eigenvalue weighted by Gasteiger charge is 2.14. The van der Waals surface area contributed by atoms with Crippen molar-refractivity contribution >= 4 is 34.2 Å². The Labute approximate surface area is 134 Å². The lowest BCUT2D eigenvalue weighted by atomic mass is 10.1. The summed E-state index contributed by atoms with van der Waals surface area (Å²) in [5.74, 6) is 0.371. The number of benzene rings is 1. The molecule has 1 aromatic carbocycles. The molecule has 0 aliphatic rings. The molecule has 0 spiro atoms. The molecule has 112 valence electrons. The maximum Gasteiger partial charge on any atom is 0.255 e.